The van der Waals surface area contributed by atoms with Crippen LogP contribution < -0.4 is 10.5 Å². The molecular weight excluding hydrogens is 296 g/mol. The van der Waals surface area contributed by atoms with Crippen molar-refractivity contribution >= 4 is 28.8 Å². The Hall–Kier alpha value is -3.02. The van der Waals surface area contributed by atoms with Gasteiger partial charge in [0, 0.05) is 12.6 Å². The molecule has 0 saturated heterocycles. The van der Waals surface area contributed by atoms with E-state index in [1.54, 1.807) is 12.1 Å². The maximum atomic E-state index is 11.3. The van der Waals surface area contributed by atoms with Crippen LogP contribution in [-0.4, -0.2) is 32.8 Å². The molecule has 0 aromatic heterocycles. The van der Waals surface area contributed by atoms with E-state index in [0.717, 1.165) is 16.3 Å². The van der Waals surface area contributed by atoms with Crippen molar-refractivity contribution in [1.82, 2.24) is 0 Å². The first-order chi connectivity index (χ1) is 11.2. The van der Waals surface area contributed by atoms with Crippen molar-refractivity contribution in [2.24, 2.45) is 10.7 Å². The number of amidine groups is 1. The van der Waals surface area contributed by atoms with Crippen LogP contribution in [0, 0.1) is 0 Å². The summed E-state index contributed by atoms with van der Waals surface area (Å²) in [4.78, 5) is 15.0. The maximum absolute atomic E-state index is 11.3. The third kappa shape index (κ3) is 4.23. The fourth-order valence-corrected chi connectivity index (χ4v) is 1.99. The number of fused-ring (bicyclic) bond motifs is 1. The summed E-state index contributed by atoms with van der Waals surface area (Å²) in [5, 5.41) is 2.00. The number of rotatable bonds is 5. The van der Waals surface area contributed by atoms with E-state index >= 15 is 0 Å². The van der Waals surface area contributed by atoms with E-state index in [2.05, 4.69) is 9.73 Å². The van der Waals surface area contributed by atoms with E-state index in [1.807, 2.05) is 30.3 Å². The molecule has 2 aromatic rings. The fraction of sp³-hybridized carbons (Fsp3) is 0.176. The molecule has 6 nitrogen and oxygen atoms in total. The molecular formula is C17H18N2O4. The fourth-order valence-electron chi connectivity index (χ4n) is 1.99. The molecule has 0 amide bonds. The van der Waals surface area contributed by atoms with Gasteiger partial charge in [0.2, 0.25) is 0 Å². The van der Waals surface area contributed by atoms with E-state index in [9.17, 15) is 4.79 Å². The summed E-state index contributed by atoms with van der Waals surface area (Å²) in [6.07, 6.45) is 3.14. The molecule has 2 aromatic carbocycles. The first-order valence-electron chi connectivity index (χ1n) is 6.92. The maximum Gasteiger partial charge on any atom is 0.343 e. The zero-order valence-electron chi connectivity index (χ0n) is 13.0. The summed E-state index contributed by atoms with van der Waals surface area (Å²) in [5.74, 6) is 0.0904. The third-order valence-electron chi connectivity index (χ3n) is 3.15. The van der Waals surface area contributed by atoms with Gasteiger partial charge < -0.3 is 19.9 Å². The Kier molecular flexibility index (Phi) is 5.57. The van der Waals surface area contributed by atoms with Crippen molar-refractivity contribution in [1.29, 1.82) is 0 Å². The van der Waals surface area contributed by atoms with Crippen LogP contribution in [0.1, 0.15) is 5.56 Å². The van der Waals surface area contributed by atoms with Gasteiger partial charge in [0.1, 0.15) is 5.75 Å². The van der Waals surface area contributed by atoms with Crippen molar-refractivity contribution in [2.45, 2.75) is 0 Å². The molecule has 23 heavy (non-hydrogen) atoms. The highest BCUT2D eigenvalue weighted by atomic mass is 16.6. The third-order valence-corrected chi connectivity index (χ3v) is 3.15. The van der Waals surface area contributed by atoms with Gasteiger partial charge in [-0.2, -0.15) is 0 Å². The first-order valence-corrected chi connectivity index (χ1v) is 6.92. The van der Waals surface area contributed by atoms with Crippen LogP contribution in [0.25, 0.3) is 16.8 Å². The van der Waals surface area contributed by atoms with Gasteiger partial charge in [0.15, 0.2) is 6.61 Å². The van der Waals surface area contributed by atoms with Gasteiger partial charge in [-0.05, 0) is 22.9 Å². The summed E-state index contributed by atoms with van der Waals surface area (Å²) < 4.78 is 15.3. The Morgan fingerprint density at radius 3 is 2.78 bits per heavy atom. The average Bonchev–Trinajstić information content (AvgIpc) is 2.60. The summed E-state index contributed by atoms with van der Waals surface area (Å²) in [7, 11) is 2.85. The number of hydrogen-bond acceptors (Lipinski definition) is 5. The standard InChI is InChI=1S/C17H18N2O4/c1-19-17(18)22-10-9-14-13-6-4-3-5-12(13)7-8-15(14)23-11-16(20)21-2/h3-10H,11H2,1-2H3,(H2,18,19)/b10-9+. The Labute approximate surface area is 134 Å². The van der Waals surface area contributed by atoms with Crippen molar-refractivity contribution in [3.63, 3.8) is 0 Å². The number of benzene rings is 2. The minimum Gasteiger partial charge on any atom is -0.481 e. The topological polar surface area (TPSA) is 83.1 Å². The number of hydrogen-bond donors (Lipinski definition) is 1. The molecule has 0 atom stereocenters. The van der Waals surface area contributed by atoms with Crippen LogP contribution in [0.15, 0.2) is 47.7 Å². The lowest BCUT2D eigenvalue weighted by Gasteiger charge is -2.11. The number of aliphatic imine (C=N–C) groups is 1. The molecule has 0 aliphatic heterocycles. The highest BCUT2D eigenvalue weighted by Crippen LogP contribution is 2.29. The molecule has 0 spiro atoms. The predicted octanol–water partition coefficient (Wildman–Crippen LogP) is 2.32. The number of nitrogens with zero attached hydrogens (tertiary/aromatic N) is 1. The summed E-state index contributed by atoms with van der Waals surface area (Å²) in [6.45, 7) is -0.172. The summed E-state index contributed by atoms with van der Waals surface area (Å²) >= 11 is 0. The monoisotopic (exact) mass is 314 g/mol. The van der Waals surface area contributed by atoms with Crippen molar-refractivity contribution < 1.29 is 19.0 Å². The van der Waals surface area contributed by atoms with Crippen molar-refractivity contribution in [3.05, 3.63) is 48.2 Å². The molecule has 2 rings (SSSR count). The van der Waals surface area contributed by atoms with Gasteiger partial charge in [0.05, 0.1) is 13.4 Å². The van der Waals surface area contributed by atoms with Crippen LogP contribution in [0.2, 0.25) is 0 Å². The SMILES string of the molecule is CN=C(N)O/C=C/c1c(OCC(=O)OC)ccc2ccccc12. The number of carbonyl (C=O) groups is 1. The lowest BCUT2D eigenvalue weighted by molar-refractivity contribution is -0.142. The Morgan fingerprint density at radius 2 is 2.04 bits per heavy atom. The molecule has 0 fully saturated rings. The second-order valence-corrected chi connectivity index (χ2v) is 4.55. The predicted molar refractivity (Wildman–Crippen MR) is 89.1 cm³/mol. The van der Waals surface area contributed by atoms with Crippen LogP contribution in [0.4, 0.5) is 0 Å². The smallest absolute Gasteiger partial charge is 0.343 e. The zero-order chi connectivity index (χ0) is 16.7. The number of methoxy groups -OCH3 is 1. The van der Waals surface area contributed by atoms with Gasteiger partial charge >= 0.3 is 5.97 Å². The average molecular weight is 314 g/mol. The highest BCUT2D eigenvalue weighted by molar-refractivity contribution is 5.93. The van der Waals surface area contributed by atoms with E-state index in [-0.39, 0.29) is 12.6 Å². The molecule has 120 valence electrons. The number of esters is 1. The van der Waals surface area contributed by atoms with E-state index < -0.39 is 5.97 Å². The summed E-state index contributed by atoms with van der Waals surface area (Å²) in [5.41, 5.74) is 6.26. The Morgan fingerprint density at radius 1 is 1.26 bits per heavy atom. The van der Waals surface area contributed by atoms with Gasteiger partial charge in [-0.1, -0.05) is 30.3 Å². The second kappa shape index (κ2) is 7.84. The lowest BCUT2D eigenvalue weighted by atomic mass is 10.0. The van der Waals surface area contributed by atoms with Crippen LogP contribution in [0.3, 0.4) is 0 Å². The van der Waals surface area contributed by atoms with Crippen molar-refractivity contribution in [3.8, 4) is 5.75 Å². The zero-order valence-corrected chi connectivity index (χ0v) is 13.0. The van der Waals surface area contributed by atoms with E-state index in [1.165, 1.54) is 20.4 Å². The number of carbonyl (C=O) groups excluding carboxylic acids is 1. The van der Waals surface area contributed by atoms with E-state index in [4.69, 9.17) is 15.2 Å². The molecule has 0 aliphatic carbocycles. The number of ether oxygens (including phenoxy) is 3. The van der Waals surface area contributed by atoms with Gasteiger partial charge in [-0.15, -0.1) is 0 Å². The lowest BCUT2D eigenvalue weighted by Crippen LogP contribution is -2.13. The number of nitrogens with two attached hydrogens (primary N) is 1. The molecule has 0 bridgehead atoms. The van der Waals surface area contributed by atoms with Crippen LogP contribution in [-0.2, 0) is 14.3 Å². The highest BCUT2D eigenvalue weighted by Gasteiger charge is 2.09. The first kappa shape index (κ1) is 16.4. The molecule has 0 saturated carbocycles. The van der Waals surface area contributed by atoms with Crippen molar-refractivity contribution in [2.75, 3.05) is 20.8 Å². The van der Waals surface area contributed by atoms with Gasteiger partial charge in [0.25, 0.3) is 6.02 Å². The molecule has 6 heteroatoms. The second-order valence-electron chi connectivity index (χ2n) is 4.55. The quantitative estimate of drug-likeness (QED) is 0.396. The minimum absolute atomic E-state index is 0.0542. The largest absolute Gasteiger partial charge is 0.481 e. The Bertz CT molecular complexity index is 753. The molecule has 0 radical (unpaired) electrons. The van der Waals surface area contributed by atoms with Crippen LogP contribution in [0.5, 0.6) is 5.75 Å². The molecule has 2 N–H and O–H groups in total. The van der Waals surface area contributed by atoms with Crippen LogP contribution >= 0.6 is 0 Å². The molecule has 0 unspecified atom stereocenters. The Balaban J connectivity index is 2.37. The summed E-state index contributed by atoms with van der Waals surface area (Å²) in [6, 6.07) is 11.6. The molecule has 0 heterocycles. The normalized spacial score (nSPS) is 11.7. The van der Waals surface area contributed by atoms with Gasteiger partial charge in [-0.3, -0.25) is 0 Å². The van der Waals surface area contributed by atoms with Gasteiger partial charge in [-0.25, -0.2) is 9.79 Å². The minimum atomic E-state index is -0.452. The van der Waals surface area contributed by atoms with E-state index in [0.29, 0.717) is 5.75 Å². The molecule has 0 aliphatic rings.